The van der Waals surface area contributed by atoms with E-state index in [-0.39, 0.29) is 22.3 Å². The van der Waals surface area contributed by atoms with Crippen molar-refractivity contribution in [2.24, 2.45) is 0 Å². The molecule has 0 aliphatic rings. The molecule has 120 valence electrons. The normalized spacial score (nSPS) is 11.6. The van der Waals surface area contributed by atoms with E-state index < -0.39 is 10.8 Å². The van der Waals surface area contributed by atoms with Crippen LogP contribution in [0.25, 0.3) is 0 Å². The van der Waals surface area contributed by atoms with E-state index in [1.807, 2.05) is 19.1 Å². The van der Waals surface area contributed by atoms with Gasteiger partial charge in [-0.1, -0.05) is 23.7 Å². The van der Waals surface area contributed by atoms with Gasteiger partial charge in [0.15, 0.2) is 0 Å². The van der Waals surface area contributed by atoms with Crippen molar-refractivity contribution < 1.29 is 14.5 Å². The number of hydrogen-bond acceptors (Lipinski definition) is 4. The van der Waals surface area contributed by atoms with Gasteiger partial charge < -0.3 is 10.1 Å². The number of halogens is 1. The van der Waals surface area contributed by atoms with Crippen molar-refractivity contribution in [1.29, 1.82) is 0 Å². The molecule has 0 saturated carbocycles. The first-order valence-corrected chi connectivity index (χ1v) is 7.19. The van der Waals surface area contributed by atoms with E-state index in [9.17, 15) is 14.9 Å². The van der Waals surface area contributed by atoms with Crippen LogP contribution in [-0.4, -0.2) is 17.9 Å². The van der Waals surface area contributed by atoms with Crippen molar-refractivity contribution in [3.8, 4) is 5.75 Å². The van der Waals surface area contributed by atoms with Crippen LogP contribution in [0.4, 0.5) is 5.69 Å². The van der Waals surface area contributed by atoms with Gasteiger partial charge in [0, 0.05) is 12.1 Å². The zero-order chi connectivity index (χ0) is 17.0. The van der Waals surface area contributed by atoms with Crippen molar-refractivity contribution in [2.75, 3.05) is 7.11 Å². The average molecular weight is 335 g/mol. The lowest BCUT2D eigenvalue weighted by Crippen LogP contribution is -2.26. The van der Waals surface area contributed by atoms with Crippen LogP contribution in [0.15, 0.2) is 42.5 Å². The largest absolute Gasteiger partial charge is 0.497 e. The second kappa shape index (κ2) is 7.11. The van der Waals surface area contributed by atoms with E-state index in [0.29, 0.717) is 0 Å². The number of ether oxygens (including phenoxy) is 1. The maximum absolute atomic E-state index is 12.3. The van der Waals surface area contributed by atoms with Crippen LogP contribution in [0.1, 0.15) is 28.9 Å². The number of nitrogens with zero attached hydrogens (tertiary/aromatic N) is 1. The second-order valence-electron chi connectivity index (χ2n) is 4.89. The van der Waals surface area contributed by atoms with E-state index in [4.69, 9.17) is 16.3 Å². The number of rotatable bonds is 5. The van der Waals surface area contributed by atoms with Gasteiger partial charge in [-0.2, -0.15) is 0 Å². The van der Waals surface area contributed by atoms with Crippen molar-refractivity contribution in [3.05, 3.63) is 68.7 Å². The summed E-state index contributed by atoms with van der Waals surface area (Å²) < 4.78 is 5.09. The molecule has 23 heavy (non-hydrogen) atoms. The zero-order valence-corrected chi connectivity index (χ0v) is 13.3. The Kier molecular flexibility index (Phi) is 5.18. The lowest BCUT2D eigenvalue weighted by atomic mass is 10.1. The summed E-state index contributed by atoms with van der Waals surface area (Å²) in [4.78, 5) is 22.4. The summed E-state index contributed by atoms with van der Waals surface area (Å²) in [6.07, 6.45) is 0. The molecule has 0 heterocycles. The van der Waals surface area contributed by atoms with Gasteiger partial charge in [-0.15, -0.1) is 0 Å². The summed E-state index contributed by atoms with van der Waals surface area (Å²) in [6.45, 7) is 1.83. The van der Waals surface area contributed by atoms with E-state index in [1.165, 1.54) is 12.1 Å². The highest BCUT2D eigenvalue weighted by atomic mass is 35.5. The topological polar surface area (TPSA) is 81.5 Å². The third kappa shape index (κ3) is 3.98. The fourth-order valence-corrected chi connectivity index (χ4v) is 2.31. The van der Waals surface area contributed by atoms with Crippen LogP contribution in [0.2, 0.25) is 5.02 Å². The molecule has 0 fully saturated rings. The summed E-state index contributed by atoms with van der Waals surface area (Å²) >= 11 is 5.96. The molecule has 2 aromatic rings. The van der Waals surface area contributed by atoms with Gasteiger partial charge in [-0.25, -0.2) is 0 Å². The average Bonchev–Trinajstić information content (AvgIpc) is 2.54. The molecule has 0 radical (unpaired) electrons. The highest BCUT2D eigenvalue weighted by Gasteiger charge is 2.17. The van der Waals surface area contributed by atoms with Gasteiger partial charge in [0.25, 0.3) is 11.6 Å². The zero-order valence-electron chi connectivity index (χ0n) is 12.6. The summed E-state index contributed by atoms with van der Waals surface area (Å²) in [5, 5.41) is 13.5. The van der Waals surface area contributed by atoms with Crippen LogP contribution in [0.5, 0.6) is 5.75 Å². The first kappa shape index (κ1) is 16.8. The Labute approximate surface area is 138 Å². The second-order valence-corrected chi connectivity index (χ2v) is 5.30. The number of hydrogen-bond donors (Lipinski definition) is 1. The Bertz CT molecular complexity index is 731. The Hall–Kier alpha value is -2.60. The van der Waals surface area contributed by atoms with Gasteiger partial charge in [0.05, 0.1) is 28.7 Å². The molecular weight excluding hydrogens is 320 g/mol. The molecule has 2 rings (SSSR count). The first-order valence-electron chi connectivity index (χ1n) is 6.81. The number of nitro groups is 1. The number of benzene rings is 2. The van der Waals surface area contributed by atoms with Crippen LogP contribution in [0.3, 0.4) is 0 Å². The fraction of sp³-hybridized carbons (Fsp3) is 0.188. The third-order valence-corrected chi connectivity index (χ3v) is 3.68. The Morgan fingerprint density at radius 2 is 1.91 bits per heavy atom. The maximum atomic E-state index is 12.3. The van der Waals surface area contributed by atoms with Crippen molar-refractivity contribution in [2.45, 2.75) is 13.0 Å². The molecular formula is C16H15ClN2O4. The highest BCUT2D eigenvalue weighted by Crippen LogP contribution is 2.23. The van der Waals surface area contributed by atoms with Crippen LogP contribution < -0.4 is 10.1 Å². The van der Waals surface area contributed by atoms with Crippen LogP contribution in [-0.2, 0) is 0 Å². The number of amides is 1. The van der Waals surface area contributed by atoms with E-state index in [0.717, 1.165) is 17.4 Å². The molecule has 1 N–H and O–H groups in total. The standard InChI is InChI=1S/C16H15ClN2O4/c1-10(11-3-6-13(23-2)7-4-11)18-16(20)14-8-5-12(19(21)22)9-15(14)17/h3-10H,1-2H3,(H,18,20). The first-order chi connectivity index (χ1) is 10.9. The van der Waals surface area contributed by atoms with Gasteiger partial charge in [0.1, 0.15) is 5.75 Å². The lowest BCUT2D eigenvalue weighted by Gasteiger charge is -2.15. The number of non-ortho nitro benzene ring substituents is 1. The molecule has 2 aromatic carbocycles. The predicted molar refractivity (Wildman–Crippen MR) is 87.0 cm³/mol. The smallest absolute Gasteiger partial charge is 0.270 e. The number of nitrogens with one attached hydrogen (secondary N) is 1. The summed E-state index contributed by atoms with van der Waals surface area (Å²) in [7, 11) is 1.58. The lowest BCUT2D eigenvalue weighted by molar-refractivity contribution is -0.384. The molecule has 1 amide bonds. The number of methoxy groups -OCH3 is 1. The predicted octanol–water partition coefficient (Wildman–Crippen LogP) is 3.75. The molecule has 7 heteroatoms. The molecule has 0 aromatic heterocycles. The van der Waals surface area contributed by atoms with Crippen molar-refractivity contribution in [1.82, 2.24) is 5.32 Å². The van der Waals surface area contributed by atoms with Gasteiger partial charge in [-0.05, 0) is 30.7 Å². The number of carbonyl (C=O) groups excluding carboxylic acids is 1. The van der Waals surface area contributed by atoms with Gasteiger partial charge in [-0.3, -0.25) is 14.9 Å². The van der Waals surface area contributed by atoms with E-state index in [1.54, 1.807) is 19.2 Å². The summed E-state index contributed by atoms with van der Waals surface area (Å²) in [5.41, 5.74) is 0.935. The molecule has 0 aliphatic heterocycles. The third-order valence-electron chi connectivity index (χ3n) is 3.37. The minimum absolute atomic E-state index is 0.0404. The van der Waals surface area contributed by atoms with Gasteiger partial charge in [0.2, 0.25) is 0 Å². The number of nitro benzene ring substituents is 1. The Morgan fingerprint density at radius 3 is 2.43 bits per heavy atom. The summed E-state index contributed by atoms with van der Waals surface area (Å²) in [6, 6.07) is 10.8. The Balaban J connectivity index is 2.12. The molecule has 6 nitrogen and oxygen atoms in total. The quantitative estimate of drug-likeness (QED) is 0.667. The molecule has 0 bridgehead atoms. The fourth-order valence-electron chi connectivity index (χ4n) is 2.05. The van der Waals surface area contributed by atoms with Crippen molar-refractivity contribution in [3.63, 3.8) is 0 Å². The van der Waals surface area contributed by atoms with E-state index >= 15 is 0 Å². The van der Waals surface area contributed by atoms with Crippen LogP contribution >= 0.6 is 11.6 Å². The molecule has 0 spiro atoms. The molecule has 0 saturated heterocycles. The molecule has 1 unspecified atom stereocenters. The highest BCUT2D eigenvalue weighted by molar-refractivity contribution is 6.34. The molecule has 1 atom stereocenters. The minimum atomic E-state index is -0.562. The maximum Gasteiger partial charge on any atom is 0.270 e. The van der Waals surface area contributed by atoms with E-state index in [2.05, 4.69) is 5.32 Å². The van der Waals surface area contributed by atoms with Crippen molar-refractivity contribution >= 4 is 23.2 Å². The molecule has 0 aliphatic carbocycles. The summed E-state index contributed by atoms with van der Waals surface area (Å²) in [5.74, 6) is 0.332. The SMILES string of the molecule is COc1ccc(C(C)NC(=O)c2ccc([N+](=O)[O-])cc2Cl)cc1. The minimum Gasteiger partial charge on any atom is -0.497 e. The van der Waals surface area contributed by atoms with Crippen LogP contribution in [0, 0.1) is 10.1 Å². The van der Waals surface area contributed by atoms with Gasteiger partial charge >= 0.3 is 0 Å². The Morgan fingerprint density at radius 1 is 1.26 bits per heavy atom. The monoisotopic (exact) mass is 334 g/mol. The number of carbonyl (C=O) groups is 1.